The van der Waals surface area contributed by atoms with E-state index in [1.807, 2.05) is 24.3 Å². The Balaban J connectivity index is 1.57. The highest BCUT2D eigenvalue weighted by Gasteiger charge is 2.52. The fourth-order valence-corrected chi connectivity index (χ4v) is 4.45. The van der Waals surface area contributed by atoms with E-state index in [1.165, 1.54) is 26.0 Å². The van der Waals surface area contributed by atoms with Gasteiger partial charge in [-0.25, -0.2) is 4.39 Å². The van der Waals surface area contributed by atoms with Gasteiger partial charge in [0.15, 0.2) is 24.6 Å². The average Bonchev–Trinajstić information content (AvgIpc) is 2.94. The fourth-order valence-electron chi connectivity index (χ4n) is 4.45. The van der Waals surface area contributed by atoms with Crippen LogP contribution in [-0.4, -0.2) is 67.8 Å². The van der Waals surface area contributed by atoms with Crippen LogP contribution in [0.25, 0.3) is 0 Å². The van der Waals surface area contributed by atoms with Gasteiger partial charge in [0.05, 0.1) is 0 Å². The minimum atomic E-state index is -1.27. The number of hydrogen-bond donors (Lipinski definition) is 0. The number of benzene rings is 2. The molecule has 0 saturated carbocycles. The van der Waals surface area contributed by atoms with E-state index in [0.717, 1.165) is 37.8 Å². The van der Waals surface area contributed by atoms with Crippen molar-refractivity contribution < 1.29 is 56.7 Å². The molecule has 0 bridgehead atoms. The molecule has 12 heteroatoms. The molecule has 1 heterocycles. The van der Waals surface area contributed by atoms with Crippen LogP contribution in [0.1, 0.15) is 51.7 Å². The summed E-state index contributed by atoms with van der Waals surface area (Å²) >= 11 is 0. The molecular weight excluding hydrogens is 567 g/mol. The van der Waals surface area contributed by atoms with E-state index in [1.54, 1.807) is 12.1 Å². The van der Waals surface area contributed by atoms with Crippen molar-refractivity contribution in [2.45, 2.75) is 84.3 Å². The van der Waals surface area contributed by atoms with Crippen LogP contribution < -0.4 is 4.74 Å². The van der Waals surface area contributed by atoms with Crippen molar-refractivity contribution in [1.82, 2.24) is 0 Å². The summed E-state index contributed by atoms with van der Waals surface area (Å²) in [4.78, 5) is 47.1. The minimum Gasteiger partial charge on any atom is -0.489 e. The number of carbonyl (C=O) groups is 4. The van der Waals surface area contributed by atoms with E-state index >= 15 is 0 Å². The third-order valence-corrected chi connectivity index (χ3v) is 6.33. The van der Waals surface area contributed by atoms with Crippen LogP contribution in [0.15, 0.2) is 48.5 Å². The molecule has 2 aromatic rings. The molecule has 1 aliphatic heterocycles. The lowest BCUT2D eigenvalue weighted by molar-refractivity contribution is -0.308. The number of rotatable bonds is 14. The molecule has 1 fully saturated rings. The maximum absolute atomic E-state index is 13.1. The predicted octanol–water partition coefficient (Wildman–Crippen LogP) is 3.83. The van der Waals surface area contributed by atoms with Crippen LogP contribution in [0.3, 0.4) is 0 Å². The molecule has 1 saturated heterocycles. The van der Waals surface area contributed by atoms with Crippen molar-refractivity contribution in [2.24, 2.45) is 0 Å². The van der Waals surface area contributed by atoms with Gasteiger partial charge in [-0.2, -0.15) is 0 Å². The molecule has 2 aromatic carbocycles. The molecule has 3 rings (SSSR count). The molecule has 5 atom stereocenters. The van der Waals surface area contributed by atoms with Gasteiger partial charge in [0.1, 0.15) is 30.9 Å². The quantitative estimate of drug-likeness (QED) is 0.177. The Morgan fingerprint density at radius 2 is 1.30 bits per heavy atom. The second-order valence-corrected chi connectivity index (χ2v) is 9.95. The molecule has 11 nitrogen and oxygen atoms in total. The number of hydrogen-bond acceptors (Lipinski definition) is 11. The average molecular weight is 605 g/mol. The van der Waals surface area contributed by atoms with Crippen LogP contribution in [0.2, 0.25) is 0 Å². The third-order valence-electron chi connectivity index (χ3n) is 6.33. The molecule has 0 amide bonds. The maximum Gasteiger partial charge on any atom is 0.303 e. The largest absolute Gasteiger partial charge is 0.489 e. The van der Waals surface area contributed by atoms with Crippen LogP contribution in [0.5, 0.6) is 5.75 Å². The smallest absolute Gasteiger partial charge is 0.303 e. The molecule has 0 radical (unpaired) electrons. The van der Waals surface area contributed by atoms with Gasteiger partial charge >= 0.3 is 23.9 Å². The highest BCUT2D eigenvalue weighted by atomic mass is 19.1. The van der Waals surface area contributed by atoms with E-state index in [9.17, 15) is 23.6 Å². The van der Waals surface area contributed by atoms with Crippen molar-refractivity contribution in [2.75, 3.05) is 13.2 Å². The lowest BCUT2D eigenvalue weighted by Gasteiger charge is -2.44. The van der Waals surface area contributed by atoms with Crippen LogP contribution in [-0.2, 0) is 60.6 Å². The first-order chi connectivity index (χ1) is 20.5. The molecule has 0 aliphatic carbocycles. The zero-order chi connectivity index (χ0) is 31.4. The van der Waals surface area contributed by atoms with E-state index in [2.05, 4.69) is 0 Å². The number of unbranched alkanes of at least 4 members (excludes halogenated alkanes) is 1. The Morgan fingerprint density at radius 3 is 1.91 bits per heavy atom. The van der Waals surface area contributed by atoms with E-state index in [-0.39, 0.29) is 19.0 Å². The lowest BCUT2D eigenvalue weighted by atomic mass is 9.98. The Morgan fingerprint density at radius 1 is 0.721 bits per heavy atom. The van der Waals surface area contributed by atoms with E-state index < -0.39 is 54.6 Å². The zero-order valence-electron chi connectivity index (χ0n) is 24.6. The van der Waals surface area contributed by atoms with Gasteiger partial charge in [0, 0.05) is 34.3 Å². The van der Waals surface area contributed by atoms with Crippen molar-refractivity contribution >= 4 is 23.9 Å². The second-order valence-electron chi connectivity index (χ2n) is 9.95. The normalized spacial score (nSPS) is 21.4. The maximum atomic E-state index is 13.1. The summed E-state index contributed by atoms with van der Waals surface area (Å²) in [5.74, 6) is -2.30. The topological polar surface area (TPSA) is 133 Å². The summed E-state index contributed by atoms with van der Waals surface area (Å²) in [7, 11) is 0. The van der Waals surface area contributed by atoms with Crippen LogP contribution in [0, 0.1) is 5.82 Å². The summed E-state index contributed by atoms with van der Waals surface area (Å²) in [5.41, 5.74) is 1.95. The third kappa shape index (κ3) is 11.3. The van der Waals surface area contributed by atoms with Gasteiger partial charge in [-0.1, -0.05) is 24.3 Å². The van der Waals surface area contributed by atoms with Gasteiger partial charge in [0.25, 0.3) is 0 Å². The number of esters is 4. The van der Waals surface area contributed by atoms with Gasteiger partial charge in [0.2, 0.25) is 0 Å². The molecule has 234 valence electrons. The zero-order valence-corrected chi connectivity index (χ0v) is 24.6. The summed E-state index contributed by atoms with van der Waals surface area (Å²) < 4.78 is 51.9. The molecule has 43 heavy (non-hydrogen) atoms. The Kier molecular flexibility index (Phi) is 12.9. The van der Waals surface area contributed by atoms with Gasteiger partial charge in [-0.15, -0.1) is 0 Å². The standard InChI is InChI=1S/C31H37FO11/c1-19(33)38-18-27-28(40-20(2)34)29(41-21(3)35)30(42-22(4)36)31(43-27)37-16-6-5-7-23-10-14-26(15-11-23)39-17-24-8-12-25(32)13-9-24/h8-15,27-31H,5-7,16-18H2,1-4H3/t27-,28-,29+,30-,31-/m1/s1. The molecule has 0 spiro atoms. The summed E-state index contributed by atoms with van der Waals surface area (Å²) in [5, 5.41) is 0. The monoisotopic (exact) mass is 604 g/mol. The Labute approximate surface area is 249 Å². The summed E-state index contributed by atoms with van der Waals surface area (Å²) in [6.45, 7) is 4.91. The Bertz CT molecular complexity index is 1220. The fraction of sp³-hybridized carbons (Fsp3) is 0.484. The molecular formula is C31H37FO11. The predicted molar refractivity (Wildman–Crippen MR) is 148 cm³/mol. The van der Waals surface area contributed by atoms with E-state index in [4.69, 9.17) is 33.2 Å². The first-order valence-corrected chi connectivity index (χ1v) is 13.9. The van der Waals surface area contributed by atoms with Gasteiger partial charge in [-0.05, 0) is 54.7 Å². The molecule has 0 unspecified atom stereocenters. The SMILES string of the molecule is CC(=O)OC[C@H]1O[C@@H](OCCCCc2ccc(OCc3ccc(F)cc3)cc2)[C@H](OC(C)=O)[C@@H](OC(C)=O)[C@@H]1OC(C)=O. The van der Waals surface area contributed by atoms with Gasteiger partial charge in [-0.3, -0.25) is 19.2 Å². The number of ether oxygens (including phenoxy) is 7. The second kappa shape index (κ2) is 16.6. The van der Waals surface area contributed by atoms with Gasteiger partial charge < -0.3 is 33.2 Å². The molecule has 0 aromatic heterocycles. The number of aryl methyl sites for hydroxylation is 1. The number of halogens is 1. The summed E-state index contributed by atoms with van der Waals surface area (Å²) in [6.07, 6.45) is -3.89. The molecule has 0 N–H and O–H groups in total. The van der Waals surface area contributed by atoms with Crippen molar-refractivity contribution in [3.05, 3.63) is 65.5 Å². The Hall–Kier alpha value is -4.03. The minimum absolute atomic E-state index is 0.201. The molecule has 1 aliphatic rings. The van der Waals surface area contributed by atoms with Crippen LogP contribution in [0.4, 0.5) is 4.39 Å². The van der Waals surface area contributed by atoms with Crippen molar-refractivity contribution in [3.63, 3.8) is 0 Å². The lowest BCUT2D eigenvalue weighted by Crippen LogP contribution is -2.63. The summed E-state index contributed by atoms with van der Waals surface area (Å²) in [6, 6.07) is 13.8. The highest BCUT2D eigenvalue weighted by molar-refractivity contribution is 5.68. The van der Waals surface area contributed by atoms with Crippen molar-refractivity contribution in [3.8, 4) is 5.75 Å². The first-order valence-electron chi connectivity index (χ1n) is 13.9. The van der Waals surface area contributed by atoms with Crippen molar-refractivity contribution in [1.29, 1.82) is 0 Å². The van der Waals surface area contributed by atoms with Crippen LogP contribution >= 0.6 is 0 Å². The first kappa shape index (κ1) is 33.5. The number of carbonyl (C=O) groups excluding carboxylic acids is 4. The van der Waals surface area contributed by atoms with E-state index in [0.29, 0.717) is 18.8 Å². The highest BCUT2D eigenvalue weighted by Crippen LogP contribution is 2.30.